The predicted molar refractivity (Wildman–Crippen MR) is 68.9 cm³/mol. The average molecular weight is 202 g/mol. The molecule has 0 saturated heterocycles. The van der Waals surface area contributed by atoms with Gasteiger partial charge in [-0.25, -0.2) is 0 Å². The number of allylic oxidation sites excluding steroid dienone is 2. The molecule has 0 atom stereocenters. The Hall–Kier alpha value is -1.04. The van der Waals surface area contributed by atoms with Gasteiger partial charge in [0.1, 0.15) is 0 Å². The van der Waals surface area contributed by atoms with Crippen molar-refractivity contribution < 1.29 is 0 Å². The second-order valence-corrected chi connectivity index (χ2v) is 5.41. The first kappa shape index (κ1) is 12.0. The molecule has 15 heavy (non-hydrogen) atoms. The van der Waals surface area contributed by atoms with Gasteiger partial charge >= 0.3 is 0 Å². The molecule has 82 valence electrons. The molecule has 0 radical (unpaired) electrons. The smallest absolute Gasteiger partial charge is 0.0230 e. The highest BCUT2D eigenvalue weighted by Crippen LogP contribution is 2.22. The van der Waals surface area contributed by atoms with Crippen LogP contribution in [0, 0.1) is 5.41 Å². The van der Waals surface area contributed by atoms with Crippen LogP contribution in [-0.2, 0) is 6.42 Å². The third-order valence-electron chi connectivity index (χ3n) is 2.58. The van der Waals surface area contributed by atoms with E-state index in [1.807, 2.05) is 0 Å². The lowest BCUT2D eigenvalue weighted by Crippen LogP contribution is -2.08. The summed E-state index contributed by atoms with van der Waals surface area (Å²) in [4.78, 5) is 0. The van der Waals surface area contributed by atoms with Crippen LogP contribution in [0.1, 0.15) is 45.7 Å². The van der Waals surface area contributed by atoms with Crippen LogP contribution in [0.4, 0.5) is 0 Å². The number of hydrogen-bond acceptors (Lipinski definition) is 0. The standard InChI is InChI=1S/C15H22/c1-6-12(2)14-9-7-13(8-10-14)11-15(3,4)5/h6-10H,11H2,1-5H3. The van der Waals surface area contributed by atoms with Gasteiger partial charge in [-0.15, -0.1) is 0 Å². The third kappa shape index (κ3) is 3.91. The summed E-state index contributed by atoms with van der Waals surface area (Å²) in [7, 11) is 0. The first-order valence-electron chi connectivity index (χ1n) is 5.64. The molecule has 1 aromatic carbocycles. The first-order chi connectivity index (χ1) is 6.92. The van der Waals surface area contributed by atoms with E-state index in [1.165, 1.54) is 16.7 Å². The fraction of sp³-hybridized carbons (Fsp3) is 0.467. The minimum atomic E-state index is 0.372. The molecule has 0 heterocycles. The fourth-order valence-corrected chi connectivity index (χ4v) is 1.66. The zero-order valence-electron chi connectivity index (χ0n) is 10.6. The van der Waals surface area contributed by atoms with Crippen LogP contribution in [0.15, 0.2) is 30.3 Å². The summed E-state index contributed by atoms with van der Waals surface area (Å²) >= 11 is 0. The lowest BCUT2D eigenvalue weighted by atomic mass is 9.88. The highest BCUT2D eigenvalue weighted by Gasteiger charge is 2.10. The molecule has 0 bridgehead atoms. The molecule has 0 aliphatic carbocycles. The second-order valence-electron chi connectivity index (χ2n) is 5.41. The normalized spacial score (nSPS) is 13.0. The molecule has 0 nitrogen and oxygen atoms in total. The summed E-state index contributed by atoms with van der Waals surface area (Å²) in [5, 5.41) is 0. The summed E-state index contributed by atoms with van der Waals surface area (Å²) in [6, 6.07) is 8.92. The Morgan fingerprint density at radius 1 is 1.13 bits per heavy atom. The van der Waals surface area contributed by atoms with Crippen molar-refractivity contribution >= 4 is 5.57 Å². The van der Waals surface area contributed by atoms with Crippen LogP contribution in [0.3, 0.4) is 0 Å². The second kappa shape index (κ2) is 4.65. The average Bonchev–Trinajstić information content (AvgIpc) is 2.15. The predicted octanol–water partition coefficient (Wildman–Crippen LogP) is 4.70. The van der Waals surface area contributed by atoms with E-state index in [1.54, 1.807) is 0 Å². The monoisotopic (exact) mass is 202 g/mol. The lowest BCUT2D eigenvalue weighted by molar-refractivity contribution is 0.411. The van der Waals surface area contributed by atoms with Crippen molar-refractivity contribution in [2.45, 2.75) is 41.0 Å². The zero-order valence-corrected chi connectivity index (χ0v) is 10.6. The van der Waals surface area contributed by atoms with Gasteiger partial charge in [0.15, 0.2) is 0 Å². The van der Waals surface area contributed by atoms with Crippen molar-refractivity contribution in [2.75, 3.05) is 0 Å². The van der Waals surface area contributed by atoms with E-state index in [9.17, 15) is 0 Å². The number of rotatable bonds is 2. The number of hydrogen-bond donors (Lipinski definition) is 0. The maximum Gasteiger partial charge on any atom is -0.0230 e. The van der Waals surface area contributed by atoms with Crippen LogP contribution in [0.5, 0.6) is 0 Å². The minimum Gasteiger partial charge on any atom is -0.0841 e. The highest BCUT2D eigenvalue weighted by molar-refractivity contribution is 5.63. The van der Waals surface area contributed by atoms with E-state index in [2.05, 4.69) is 65.0 Å². The molecule has 0 heteroatoms. The fourth-order valence-electron chi connectivity index (χ4n) is 1.66. The molecule has 0 unspecified atom stereocenters. The van der Waals surface area contributed by atoms with E-state index in [0.717, 1.165) is 6.42 Å². The van der Waals surface area contributed by atoms with Crippen LogP contribution in [-0.4, -0.2) is 0 Å². The van der Waals surface area contributed by atoms with Crippen LogP contribution < -0.4 is 0 Å². The van der Waals surface area contributed by atoms with Crippen molar-refractivity contribution in [2.24, 2.45) is 5.41 Å². The summed E-state index contributed by atoms with van der Waals surface area (Å²) in [5.41, 5.74) is 4.47. The third-order valence-corrected chi connectivity index (χ3v) is 2.58. The molecule has 0 aliphatic heterocycles. The Labute approximate surface area is 94.0 Å². The molecule has 1 rings (SSSR count). The van der Waals surface area contributed by atoms with Crippen molar-refractivity contribution in [3.63, 3.8) is 0 Å². The maximum absolute atomic E-state index is 2.28. The van der Waals surface area contributed by atoms with Crippen molar-refractivity contribution in [3.05, 3.63) is 41.5 Å². The molecule has 0 fully saturated rings. The van der Waals surface area contributed by atoms with Crippen molar-refractivity contribution in [1.29, 1.82) is 0 Å². The Morgan fingerprint density at radius 3 is 2.07 bits per heavy atom. The maximum atomic E-state index is 2.28. The first-order valence-corrected chi connectivity index (χ1v) is 5.64. The SMILES string of the molecule is CC=C(C)c1ccc(CC(C)(C)C)cc1. The van der Waals surface area contributed by atoms with Gasteiger partial charge in [-0.3, -0.25) is 0 Å². The van der Waals surface area contributed by atoms with Gasteiger partial charge in [0, 0.05) is 0 Å². The molecular weight excluding hydrogens is 180 g/mol. The molecular formula is C15H22. The molecule has 0 aliphatic rings. The minimum absolute atomic E-state index is 0.372. The summed E-state index contributed by atoms with van der Waals surface area (Å²) in [6.45, 7) is 11.1. The topological polar surface area (TPSA) is 0 Å². The molecule has 1 aromatic rings. The molecule has 0 saturated carbocycles. The molecule has 0 aromatic heterocycles. The molecule has 0 spiro atoms. The van der Waals surface area contributed by atoms with Gasteiger partial charge in [0.2, 0.25) is 0 Å². The molecule has 0 amide bonds. The van der Waals surface area contributed by atoms with E-state index in [4.69, 9.17) is 0 Å². The van der Waals surface area contributed by atoms with Gasteiger partial charge in [0.25, 0.3) is 0 Å². The Bertz CT molecular complexity index is 333. The van der Waals surface area contributed by atoms with Crippen LogP contribution in [0.25, 0.3) is 5.57 Å². The van der Waals surface area contributed by atoms with E-state index >= 15 is 0 Å². The summed E-state index contributed by atoms with van der Waals surface area (Å²) < 4.78 is 0. The van der Waals surface area contributed by atoms with Gasteiger partial charge in [-0.2, -0.15) is 0 Å². The largest absolute Gasteiger partial charge is 0.0841 e. The Kier molecular flexibility index (Phi) is 3.73. The van der Waals surface area contributed by atoms with Gasteiger partial charge in [0.05, 0.1) is 0 Å². The zero-order chi connectivity index (χ0) is 11.5. The van der Waals surface area contributed by atoms with E-state index in [-0.39, 0.29) is 0 Å². The Morgan fingerprint density at radius 2 is 1.67 bits per heavy atom. The van der Waals surface area contributed by atoms with Crippen molar-refractivity contribution in [1.82, 2.24) is 0 Å². The van der Waals surface area contributed by atoms with Crippen LogP contribution in [0.2, 0.25) is 0 Å². The van der Waals surface area contributed by atoms with Crippen LogP contribution >= 0.6 is 0 Å². The molecule has 0 N–H and O–H groups in total. The quantitative estimate of drug-likeness (QED) is 0.652. The van der Waals surface area contributed by atoms with Crippen molar-refractivity contribution in [3.8, 4) is 0 Å². The number of benzene rings is 1. The lowest BCUT2D eigenvalue weighted by Gasteiger charge is -2.18. The summed E-state index contributed by atoms with van der Waals surface area (Å²) in [6.07, 6.45) is 3.29. The highest BCUT2D eigenvalue weighted by atomic mass is 14.2. The van der Waals surface area contributed by atoms with Gasteiger partial charge in [-0.1, -0.05) is 51.1 Å². The van der Waals surface area contributed by atoms with Gasteiger partial charge in [-0.05, 0) is 42.4 Å². The van der Waals surface area contributed by atoms with Gasteiger partial charge < -0.3 is 0 Å². The van der Waals surface area contributed by atoms with E-state index in [0.29, 0.717) is 5.41 Å². The Balaban J connectivity index is 2.82. The summed E-state index contributed by atoms with van der Waals surface area (Å²) in [5.74, 6) is 0. The van der Waals surface area contributed by atoms with E-state index < -0.39 is 0 Å².